The molecule has 0 rings (SSSR count). The van der Waals surface area contributed by atoms with Crippen LogP contribution in [0.4, 0.5) is 0 Å². The van der Waals surface area contributed by atoms with Crippen LogP contribution in [0.1, 0.15) is 26.2 Å². The van der Waals surface area contributed by atoms with Gasteiger partial charge in [0.1, 0.15) is 0 Å². The number of primary amides is 1. The third-order valence-corrected chi connectivity index (χ3v) is 1.30. The molecule has 0 bridgehead atoms. The molecule has 9 heavy (non-hydrogen) atoms. The van der Waals surface area contributed by atoms with Crippen molar-refractivity contribution in [3.05, 3.63) is 0 Å². The minimum Gasteiger partial charge on any atom is -0.370 e. The maximum Gasteiger partial charge on any atom is 0.217 e. The second-order valence-corrected chi connectivity index (χ2v) is 3.09. The van der Waals surface area contributed by atoms with Crippen LogP contribution in [0.2, 0.25) is 0 Å². The normalized spacial score (nSPS) is 13.1. The zero-order valence-electron chi connectivity index (χ0n) is 5.63. The Bertz CT molecular complexity index is 93.1. The predicted octanol–water partition coefficient (Wildman–Crippen LogP) is 0.960. The molecule has 0 aromatic rings. The van der Waals surface area contributed by atoms with Gasteiger partial charge in [0.2, 0.25) is 5.91 Å². The molecule has 0 spiro atoms. The van der Waals surface area contributed by atoms with Gasteiger partial charge in [-0.05, 0) is 18.1 Å². The van der Waals surface area contributed by atoms with E-state index in [1.165, 1.54) is 0 Å². The highest BCUT2D eigenvalue weighted by Gasteiger charge is 1.96. The highest BCUT2D eigenvalue weighted by Crippen LogP contribution is 2.04. The Labute approximate surface area is 61.2 Å². The van der Waals surface area contributed by atoms with Gasteiger partial charge in [-0.2, -0.15) is 12.6 Å². The van der Waals surface area contributed by atoms with Crippen LogP contribution < -0.4 is 5.73 Å². The summed E-state index contributed by atoms with van der Waals surface area (Å²) in [5.74, 6) is -0.219. The summed E-state index contributed by atoms with van der Waals surface area (Å²) in [6.45, 7) is 2.00. The first-order chi connectivity index (χ1) is 4.13. The number of carbonyl (C=O) groups excluding carboxylic acids is 1. The number of thiol groups is 1. The number of hydrogen-bond acceptors (Lipinski definition) is 2. The average molecular weight is 147 g/mol. The van der Waals surface area contributed by atoms with Crippen LogP contribution in [-0.4, -0.2) is 11.2 Å². The summed E-state index contributed by atoms with van der Waals surface area (Å²) in [5, 5.41) is 0.379. The van der Waals surface area contributed by atoms with Crippen LogP contribution in [0.5, 0.6) is 0 Å². The minimum atomic E-state index is -0.219. The molecule has 0 unspecified atom stereocenters. The maximum absolute atomic E-state index is 10.2. The first-order valence-corrected chi connectivity index (χ1v) is 3.61. The fraction of sp³-hybridized carbons (Fsp3) is 0.833. The third kappa shape index (κ3) is 7.82. The van der Waals surface area contributed by atoms with E-state index < -0.39 is 0 Å². The molecule has 0 aliphatic heterocycles. The molecule has 0 aliphatic carbocycles. The van der Waals surface area contributed by atoms with E-state index in [0.717, 1.165) is 12.8 Å². The minimum absolute atomic E-state index is 0.219. The van der Waals surface area contributed by atoms with Crippen LogP contribution in [0, 0.1) is 0 Å². The Balaban J connectivity index is 3.01. The summed E-state index contributed by atoms with van der Waals surface area (Å²) < 4.78 is 0. The Morgan fingerprint density at radius 1 is 1.78 bits per heavy atom. The molecule has 3 heteroatoms. The summed E-state index contributed by atoms with van der Waals surface area (Å²) in [4.78, 5) is 10.2. The van der Waals surface area contributed by atoms with Crippen molar-refractivity contribution in [1.82, 2.24) is 0 Å². The van der Waals surface area contributed by atoms with Crippen LogP contribution in [0.25, 0.3) is 0 Å². The highest BCUT2D eigenvalue weighted by molar-refractivity contribution is 7.80. The molecule has 0 radical (unpaired) electrons. The Morgan fingerprint density at radius 2 is 2.33 bits per heavy atom. The molecule has 0 aromatic carbocycles. The molecule has 2 N–H and O–H groups in total. The molecule has 0 aromatic heterocycles. The van der Waals surface area contributed by atoms with E-state index in [2.05, 4.69) is 12.6 Å². The van der Waals surface area contributed by atoms with Crippen LogP contribution in [0.15, 0.2) is 0 Å². The average Bonchev–Trinajstić information content (AvgIpc) is 1.63. The number of nitrogens with two attached hydrogens (primary N) is 1. The smallest absolute Gasteiger partial charge is 0.217 e. The molecule has 0 saturated heterocycles. The molecular weight excluding hydrogens is 134 g/mol. The van der Waals surface area contributed by atoms with E-state index in [1.54, 1.807) is 0 Å². The summed E-state index contributed by atoms with van der Waals surface area (Å²) in [6, 6.07) is 0. The van der Waals surface area contributed by atoms with Crippen molar-refractivity contribution in [2.24, 2.45) is 5.73 Å². The van der Waals surface area contributed by atoms with Gasteiger partial charge in [-0.3, -0.25) is 4.79 Å². The topological polar surface area (TPSA) is 43.1 Å². The third-order valence-electron chi connectivity index (χ3n) is 1.05. The van der Waals surface area contributed by atoms with Crippen LogP contribution in [-0.2, 0) is 4.79 Å². The second-order valence-electron chi connectivity index (χ2n) is 2.21. The zero-order chi connectivity index (χ0) is 7.28. The Hall–Kier alpha value is -0.180. The Kier molecular flexibility index (Phi) is 4.58. The molecule has 54 valence electrons. The highest BCUT2D eigenvalue weighted by atomic mass is 32.1. The first-order valence-electron chi connectivity index (χ1n) is 3.09. The van der Waals surface area contributed by atoms with E-state index in [-0.39, 0.29) is 5.91 Å². The quantitative estimate of drug-likeness (QED) is 0.571. The van der Waals surface area contributed by atoms with Crippen LogP contribution >= 0.6 is 12.6 Å². The fourth-order valence-corrected chi connectivity index (χ4v) is 0.754. The van der Waals surface area contributed by atoms with Crippen molar-refractivity contribution < 1.29 is 4.79 Å². The second kappa shape index (κ2) is 4.68. The van der Waals surface area contributed by atoms with Crippen molar-refractivity contribution in [1.29, 1.82) is 0 Å². The lowest BCUT2D eigenvalue weighted by Crippen LogP contribution is -2.10. The molecular formula is C6H13NOS. The van der Waals surface area contributed by atoms with E-state index >= 15 is 0 Å². The number of amides is 1. The van der Waals surface area contributed by atoms with Gasteiger partial charge < -0.3 is 5.73 Å². The molecule has 0 fully saturated rings. The predicted molar refractivity (Wildman–Crippen MR) is 41.5 cm³/mol. The van der Waals surface area contributed by atoms with Crippen molar-refractivity contribution >= 4 is 18.5 Å². The summed E-state index contributed by atoms with van der Waals surface area (Å²) >= 11 is 4.15. The fourth-order valence-electron chi connectivity index (χ4n) is 0.572. The van der Waals surface area contributed by atoms with Gasteiger partial charge in [-0.1, -0.05) is 6.92 Å². The SMILES string of the molecule is C[C@H](S)CCCC(N)=O. The monoisotopic (exact) mass is 147 g/mol. The van der Waals surface area contributed by atoms with E-state index in [9.17, 15) is 4.79 Å². The summed E-state index contributed by atoms with van der Waals surface area (Å²) in [7, 11) is 0. The largest absolute Gasteiger partial charge is 0.370 e. The van der Waals surface area contributed by atoms with E-state index in [1.807, 2.05) is 6.92 Å². The van der Waals surface area contributed by atoms with Gasteiger partial charge in [0.05, 0.1) is 0 Å². The van der Waals surface area contributed by atoms with Gasteiger partial charge in [-0.15, -0.1) is 0 Å². The molecule has 0 aliphatic rings. The molecule has 1 amide bonds. The van der Waals surface area contributed by atoms with Crippen molar-refractivity contribution in [3.63, 3.8) is 0 Å². The lowest BCUT2D eigenvalue weighted by Gasteiger charge is -1.99. The molecule has 0 heterocycles. The number of rotatable bonds is 4. The van der Waals surface area contributed by atoms with Crippen molar-refractivity contribution in [2.45, 2.75) is 31.4 Å². The molecule has 2 nitrogen and oxygen atoms in total. The standard InChI is InChI=1S/C6H13NOS/c1-5(9)3-2-4-6(7)8/h5,9H,2-4H2,1H3,(H2,7,8)/t5-/m0/s1. The zero-order valence-corrected chi connectivity index (χ0v) is 6.53. The maximum atomic E-state index is 10.2. The van der Waals surface area contributed by atoms with Gasteiger partial charge >= 0.3 is 0 Å². The van der Waals surface area contributed by atoms with E-state index in [0.29, 0.717) is 11.7 Å². The first kappa shape index (κ1) is 8.82. The van der Waals surface area contributed by atoms with Crippen LogP contribution in [0.3, 0.4) is 0 Å². The van der Waals surface area contributed by atoms with Crippen molar-refractivity contribution in [3.8, 4) is 0 Å². The van der Waals surface area contributed by atoms with E-state index in [4.69, 9.17) is 5.73 Å². The van der Waals surface area contributed by atoms with Gasteiger partial charge in [0, 0.05) is 6.42 Å². The van der Waals surface area contributed by atoms with Gasteiger partial charge in [0.15, 0.2) is 0 Å². The lowest BCUT2D eigenvalue weighted by molar-refractivity contribution is -0.118. The summed E-state index contributed by atoms with van der Waals surface area (Å²) in [5.41, 5.74) is 4.91. The Morgan fingerprint density at radius 3 is 2.67 bits per heavy atom. The summed E-state index contributed by atoms with van der Waals surface area (Å²) in [6.07, 6.45) is 2.32. The van der Waals surface area contributed by atoms with Gasteiger partial charge in [-0.25, -0.2) is 0 Å². The lowest BCUT2D eigenvalue weighted by atomic mass is 10.2. The van der Waals surface area contributed by atoms with Crippen molar-refractivity contribution in [2.75, 3.05) is 0 Å². The number of hydrogen-bond donors (Lipinski definition) is 2. The van der Waals surface area contributed by atoms with Gasteiger partial charge in [0.25, 0.3) is 0 Å². The molecule has 1 atom stereocenters. The molecule has 0 saturated carbocycles. The number of carbonyl (C=O) groups is 1.